The molecule has 40 heavy (non-hydrogen) atoms. The molecule has 5 rings (SSSR count). The highest BCUT2D eigenvalue weighted by molar-refractivity contribution is 6.35. The molecule has 1 aliphatic carbocycles. The monoisotopic (exact) mass is 562 g/mol. The second kappa shape index (κ2) is 11.8. The van der Waals surface area contributed by atoms with Gasteiger partial charge in [-0.05, 0) is 48.5 Å². The summed E-state index contributed by atoms with van der Waals surface area (Å²) in [5.74, 6) is 5.38. The lowest BCUT2D eigenvalue weighted by Gasteiger charge is -2.24. The van der Waals surface area contributed by atoms with E-state index < -0.39 is 31.2 Å². The number of hydrogen-bond acceptors (Lipinski definition) is 8. The summed E-state index contributed by atoms with van der Waals surface area (Å²) in [4.78, 5) is 8.01. The summed E-state index contributed by atoms with van der Waals surface area (Å²) in [7, 11) is 0. The fraction of sp³-hybridized carbons (Fsp3) is 0.233. The van der Waals surface area contributed by atoms with Gasteiger partial charge in [0.05, 0.1) is 40.9 Å². The van der Waals surface area contributed by atoms with E-state index in [2.05, 4.69) is 20.6 Å². The normalized spacial score (nSPS) is 18.5. The maximum absolute atomic E-state index is 13.8. The highest BCUT2D eigenvalue weighted by Crippen LogP contribution is 2.37. The molecule has 204 valence electrons. The van der Waals surface area contributed by atoms with Gasteiger partial charge >= 0.3 is 0 Å². The number of fused-ring (bicyclic) bond motifs is 1. The molecule has 1 unspecified atom stereocenters. The number of aromatic nitrogens is 2. The van der Waals surface area contributed by atoms with Crippen LogP contribution in [0.25, 0.3) is 10.9 Å². The van der Waals surface area contributed by atoms with Crippen LogP contribution in [-0.4, -0.2) is 21.0 Å². The van der Waals surface area contributed by atoms with Crippen LogP contribution in [-0.2, 0) is 0 Å². The number of hydrogen-bond donors (Lipinski definition) is 4. The third-order valence-corrected chi connectivity index (χ3v) is 6.73. The van der Waals surface area contributed by atoms with Crippen LogP contribution in [0.2, 0.25) is 5.02 Å². The summed E-state index contributed by atoms with van der Waals surface area (Å²) in [6.45, 7) is -3.05. The van der Waals surface area contributed by atoms with Crippen molar-refractivity contribution in [3.63, 3.8) is 0 Å². The topological polar surface area (TPSA) is 129 Å². The molecule has 1 saturated carbocycles. The summed E-state index contributed by atoms with van der Waals surface area (Å²) in [6, 6.07) is 12.4. The van der Waals surface area contributed by atoms with Crippen molar-refractivity contribution in [3.05, 3.63) is 107 Å². The maximum Gasteiger partial charge on any atom is 0.212 e. The fourth-order valence-corrected chi connectivity index (χ4v) is 4.52. The number of benzene rings is 2. The third-order valence-electron chi connectivity index (χ3n) is 6.44. The number of nitrogens with two attached hydrogens (primary N) is 2. The van der Waals surface area contributed by atoms with Crippen LogP contribution in [0.15, 0.2) is 78.9 Å². The Morgan fingerprint density at radius 2 is 2.05 bits per heavy atom. The van der Waals surface area contributed by atoms with Gasteiger partial charge in [-0.1, -0.05) is 54.9 Å². The average Bonchev–Trinajstić information content (AvgIpc) is 3.86. The van der Waals surface area contributed by atoms with Crippen molar-refractivity contribution in [2.45, 2.75) is 44.2 Å². The molecule has 8 nitrogen and oxygen atoms in total. The van der Waals surface area contributed by atoms with Gasteiger partial charge in [0.2, 0.25) is 5.95 Å². The largest absolute Gasteiger partial charge is 0.399 e. The molecule has 0 aliphatic heterocycles. The predicted octanol–water partition coefficient (Wildman–Crippen LogP) is 6.15. The van der Waals surface area contributed by atoms with Gasteiger partial charge in [-0.3, -0.25) is 4.98 Å². The molecule has 0 spiro atoms. The van der Waals surface area contributed by atoms with Gasteiger partial charge in [0.25, 0.3) is 0 Å². The highest BCUT2D eigenvalue weighted by Gasteiger charge is 2.27. The molecular weight excluding hydrogens is 527 g/mol. The summed E-state index contributed by atoms with van der Waals surface area (Å²) in [5, 5.41) is 17.8. The first-order valence-corrected chi connectivity index (χ1v) is 12.8. The Kier molecular flexibility index (Phi) is 6.04. The Hall–Kier alpha value is -4.39. The van der Waals surface area contributed by atoms with E-state index in [1.54, 1.807) is 30.3 Å². The van der Waals surface area contributed by atoms with Gasteiger partial charge in [-0.25, -0.2) is 10.8 Å². The fourth-order valence-electron chi connectivity index (χ4n) is 4.25. The van der Waals surface area contributed by atoms with Gasteiger partial charge in [-0.15, -0.1) is 0 Å². The molecule has 1 aliphatic rings. The molecule has 2 aromatic carbocycles. The molecule has 0 amide bonds. The van der Waals surface area contributed by atoms with Crippen molar-refractivity contribution in [1.82, 2.24) is 15.0 Å². The van der Waals surface area contributed by atoms with Crippen LogP contribution in [0.1, 0.15) is 63.0 Å². The quantitative estimate of drug-likeness (QED) is 0.103. The number of nitriles is 1. The minimum atomic E-state index is -3.05. The molecule has 4 aromatic rings. The molecule has 0 bridgehead atoms. The SMILES string of the molecule is [2H]C(Nc1cc(Cl)c2ncc(C#N)c(N[C@H](c3ccccc3)C([2H])([2H])C([2H])([2H])[2H])c2c1)(/C(N)=C/N(N)C1CC1)c1ccc(F)nc1. The van der Waals surface area contributed by atoms with Crippen molar-refractivity contribution >= 4 is 33.9 Å². The van der Waals surface area contributed by atoms with Crippen LogP contribution < -0.4 is 22.2 Å². The number of nitrogens with one attached hydrogen (secondary N) is 2. The molecule has 2 heterocycles. The van der Waals surface area contributed by atoms with E-state index in [1.807, 2.05) is 6.07 Å². The lowest BCUT2D eigenvalue weighted by Crippen LogP contribution is -2.30. The van der Waals surface area contributed by atoms with E-state index >= 15 is 0 Å². The van der Waals surface area contributed by atoms with Crippen LogP contribution in [0, 0.1) is 17.3 Å². The van der Waals surface area contributed by atoms with E-state index in [0.29, 0.717) is 5.56 Å². The van der Waals surface area contributed by atoms with Crippen molar-refractivity contribution in [2.24, 2.45) is 11.6 Å². The van der Waals surface area contributed by atoms with Crippen molar-refractivity contribution in [1.29, 1.82) is 5.26 Å². The van der Waals surface area contributed by atoms with Crippen molar-refractivity contribution in [3.8, 4) is 6.07 Å². The molecule has 10 heteroatoms. The first-order chi connectivity index (χ1) is 21.7. The molecular formula is C30H30ClFN8. The smallest absolute Gasteiger partial charge is 0.212 e. The number of nitrogens with zero attached hydrogens (tertiary/aromatic N) is 4. The van der Waals surface area contributed by atoms with E-state index in [1.165, 1.54) is 41.8 Å². The first kappa shape index (κ1) is 20.5. The van der Waals surface area contributed by atoms with Crippen LogP contribution >= 0.6 is 11.6 Å². The number of pyridine rings is 2. The summed E-state index contributed by atoms with van der Waals surface area (Å²) >= 11 is 6.68. The molecule has 0 radical (unpaired) electrons. The average molecular weight is 563 g/mol. The van der Waals surface area contributed by atoms with Gasteiger partial charge in [0, 0.05) is 42.6 Å². The highest BCUT2D eigenvalue weighted by atomic mass is 35.5. The lowest BCUT2D eigenvalue weighted by molar-refractivity contribution is 0.378. The van der Waals surface area contributed by atoms with Crippen LogP contribution in [0.5, 0.6) is 0 Å². The third kappa shape index (κ3) is 5.93. The Morgan fingerprint density at radius 3 is 2.73 bits per heavy atom. The maximum atomic E-state index is 13.8. The van der Waals surface area contributed by atoms with E-state index in [-0.39, 0.29) is 50.2 Å². The van der Waals surface area contributed by atoms with Crippen LogP contribution in [0.3, 0.4) is 0 Å². The second-order valence-electron chi connectivity index (χ2n) is 9.28. The molecule has 6 N–H and O–H groups in total. The summed E-state index contributed by atoms with van der Waals surface area (Å²) < 4.78 is 64.3. The number of hydrazine groups is 1. The van der Waals surface area contributed by atoms with E-state index in [0.717, 1.165) is 18.9 Å². The second-order valence-corrected chi connectivity index (χ2v) is 9.68. The zero-order valence-corrected chi connectivity index (χ0v) is 22.0. The number of halogens is 2. The zero-order chi connectivity index (χ0) is 33.4. The Balaban J connectivity index is 1.66. The van der Waals surface area contributed by atoms with Gasteiger partial charge in [0.15, 0.2) is 0 Å². The first-order valence-electron chi connectivity index (χ1n) is 15.4. The number of rotatable bonds is 10. The summed E-state index contributed by atoms with van der Waals surface area (Å²) in [5.41, 5.74) is 7.43. The Bertz CT molecular complexity index is 1810. The van der Waals surface area contributed by atoms with Crippen LogP contribution in [0.4, 0.5) is 15.8 Å². The Morgan fingerprint density at radius 1 is 1.25 bits per heavy atom. The molecule has 2 atom stereocenters. The van der Waals surface area contributed by atoms with Gasteiger partial charge < -0.3 is 21.4 Å². The van der Waals surface area contributed by atoms with Gasteiger partial charge in [-0.2, -0.15) is 9.65 Å². The lowest BCUT2D eigenvalue weighted by atomic mass is 10.0. The minimum absolute atomic E-state index is 0.00882. The van der Waals surface area contributed by atoms with E-state index in [4.69, 9.17) is 30.0 Å². The van der Waals surface area contributed by atoms with Gasteiger partial charge in [0.1, 0.15) is 6.07 Å². The zero-order valence-electron chi connectivity index (χ0n) is 27.2. The molecule has 1 fully saturated rings. The molecule has 2 aromatic heterocycles. The number of anilines is 2. The minimum Gasteiger partial charge on any atom is -0.399 e. The molecule has 0 saturated heterocycles. The Labute approximate surface area is 245 Å². The van der Waals surface area contributed by atoms with Crippen molar-refractivity contribution < 1.29 is 12.6 Å². The predicted molar refractivity (Wildman–Crippen MR) is 156 cm³/mol. The van der Waals surface area contributed by atoms with Crippen molar-refractivity contribution in [2.75, 3.05) is 10.6 Å². The standard InChI is InChI=1S/C30H30ClFN8/c1-2-26(18-6-4-3-5-7-18)39-28-20(14-33)16-37-30-23(28)12-21(13-24(30)31)38-29(19-8-11-27(32)36-15-19)25(34)17-40(35)22-9-10-22/h3-8,11-13,15-17,22,26,29,38H,2,9-10,34-35H2,1H3,(H,37,39)/b25-17-/t26-,29?/m0/s1/i1D3,2D2,29D. The summed E-state index contributed by atoms with van der Waals surface area (Å²) in [6.07, 6.45) is 2.78. The van der Waals surface area contributed by atoms with E-state index in [9.17, 15) is 11.0 Å².